The first-order chi connectivity index (χ1) is 13.6. The molecule has 6 N–H and O–H groups in total. The van der Waals surface area contributed by atoms with Crippen molar-refractivity contribution in [2.24, 2.45) is 0 Å². The van der Waals surface area contributed by atoms with E-state index in [1.165, 1.54) is 29.3 Å². The first-order valence-corrected chi connectivity index (χ1v) is 9.62. The SMILES string of the molecule is Nc1nc(NCCC2=CCCCC2)nc2c1ncn2C1O[C@H](CO)[C@@H](O)[C@H]1O. The number of hydrogen-bond donors (Lipinski definition) is 5. The Hall–Kier alpha value is -2.27. The fourth-order valence-corrected chi connectivity index (χ4v) is 3.78. The van der Waals surface area contributed by atoms with Gasteiger partial charge in [-0.25, -0.2) is 4.98 Å². The van der Waals surface area contributed by atoms with Gasteiger partial charge in [0.25, 0.3) is 0 Å². The van der Waals surface area contributed by atoms with Gasteiger partial charge in [-0.2, -0.15) is 9.97 Å². The van der Waals surface area contributed by atoms with Crippen LogP contribution >= 0.6 is 0 Å². The van der Waals surface area contributed by atoms with Crippen molar-refractivity contribution in [3.8, 4) is 0 Å². The summed E-state index contributed by atoms with van der Waals surface area (Å²) in [6, 6.07) is 0. The quantitative estimate of drug-likeness (QED) is 0.439. The van der Waals surface area contributed by atoms with Crippen LogP contribution in [0.4, 0.5) is 11.8 Å². The second kappa shape index (κ2) is 8.00. The van der Waals surface area contributed by atoms with E-state index in [1.54, 1.807) is 0 Å². The molecule has 2 aromatic heterocycles. The molecule has 0 aromatic carbocycles. The highest BCUT2D eigenvalue weighted by Crippen LogP contribution is 2.32. The Morgan fingerprint density at radius 2 is 2.11 bits per heavy atom. The van der Waals surface area contributed by atoms with Crippen molar-refractivity contribution >= 4 is 22.9 Å². The van der Waals surface area contributed by atoms with E-state index in [2.05, 4.69) is 26.3 Å². The maximum absolute atomic E-state index is 10.3. The number of rotatable bonds is 6. The van der Waals surface area contributed by atoms with Crippen LogP contribution in [0.25, 0.3) is 11.2 Å². The average molecular weight is 390 g/mol. The second-order valence-corrected chi connectivity index (χ2v) is 7.27. The summed E-state index contributed by atoms with van der Waals surface area (Å²) in [5, 5.41) is 32.8. The van der Waals surface area contributed by atoms with Gasteiger partial charge >= 0.3 is 0 Å². The summed E-state index contributed by atoms with van der Waals surface area (Å²) in [4.78, 5) is 12.9. The molecule has 28 heavy (non-hydrogen) atoms. The maximum Gasteiger partial charge on any atom is 0.226 e. The van der Waals surface area contributed by atoms with Crippen molar-refractivity contribution in [2.45, 2.75) is 56.6 Å². The minimum Gasteiger partial charge on any atom is -0.394 e. The van der Waals surface area contributed by atoms with Crippen LogP contribution in [0.3, 0.4) is 0 Å². The number of ether oxygens (including phenoxy) is 1. The van der Waals surface area contributed by atoms with Gasteiger partial charge in [0.05, 0.1) is 12.9 Å². The molecule has 2 aromatic rings. The predicted octanol–water partition coefficient (Wildman–Crippen LogP) is 0.322. The number of nitrogens with zero attached hydrogens (tertiary/aromatic N) is 4. The zero-order valence-electron chi connectivity index (χ0n) is 15.5. The van der Waals surface area contributed by atoms with Crippen LogP contribution in [0.5, 0.6) is 0 Å². The Labute approximate surface area is 162 Å². The molecule has 152 valence electrons. The van der Waals surface area contributed by atoms with Crippen molar-refractivity contribution in [1.82, 2.24) is 19.5 Å². The van der Waals surface area contributed by atoms with E-state index in [0.29, 0.717) is 23.7 Å². The van der Waals surface area contributed by atoms with Gasteiger partial charge in [-0.1, -0.05) is 11.6 Å². The summed E-state index contributed by atoms with van der Waals surface area (Å²) < 4.78 is 7.08. The van der Waals surface area contributed by atoms with Crippen LogP contribution in [0.1, 0.15) is 38.3 Å². The molecule has 1 saturated heterocycles. The Bertz CT molecular complexity index is 869. The van der Waals surface area contributed by atoms with E-state index in [9.17, 15) is 15.3 Å². The van der Waals surface area contributed by atoms with E-state index >= 15 is 0 Å². The topological polar surface area (TPSA) is 152 Å². The van der Waals surface area contributed by atoms with E-state index < -0.39 is 31.1 Å². The molecule has 10 heteroatoms. The molecule has 0 amide bonds. The van der Waals surface area contributed by atoms with E-state index in [1.807, 2.05) is 0 Å². The summed E-state index contributed by atoms with van der Waals surface area (Å²) in [7, 11) is 0. The fraction of sp³-hybridized carbons (Fsp3) is 0.611. The third kappa shape index (κ3) is 3.55. The average Bonchev–Trinajstić information content (AvgIpc) is 3.24. The number of nitrogen functional groups attached to an aromatic ring is 1. The number of aliphatic hydroxyl groups excluding tert-OH is 3. The minimum atomic E-state index is -1.22. The van der Waals surface area contributed by atoms with Gasteiger partial charge in [0.15, 0.2) is 17.7 Å². The lowest BCUT2D eigenvalue weighted by molar-refractivity contribution is -0.0511. The number of aromatic nitrogens is 4. The van der Waals surface area contributed by atoms with E-state index in [4.69, 9.17) is 10.5 Å². The van der Waals surface area contributed by atoms with Crippen molar-refractivity contribution in [2.75, 3.05) is 24.2 Å². The highest BCUT2D eigenvalue weighted by atomic mass is 16.6. The Morgan fingerprint density at radius 3 is 2.82 bits per heavy atom. The van der Waals surface area contributed by atoms with Crippen molar-refractivity contribution < 1.29 is 20.1 Å². The molecule has 2 aliphatic rings. The molecule has 1 aliphatic heterocycles. The first-order valence-electron chi connectivity index (χ1n) is 9.62. The predicted molar refractivity (Wildman–Crippen MR) is 102 cm³/mol. The molecular formula is C18H26N6O4. The van der Waals surface area contributed by atoms with E-state index in [-0.39, 0.29) is 5.82 Å². The van der Waals surface area contributed by atoms with Crippen LogP contribution in [-0.2, 0) is 4.74 Å². The molecule has 10 nitrogen and oxygen atoms in total. The smallest absolute Gasteiger partial charge is 0.226 e. The van der Waals surface area contributed by atoms with Crippen LogP contribution in [-0.4, -0.2) is 66.3 Å². The number of nitrogens with two attached hydrogens (primary N) is 1. The molecule has 1 unspecified atom stereocenters. The van der Waals surface area contributed by atoms with Crippen LogP contribution in [0, 0.1) is 0 Å². The van der Waals surface area contributed by atoms with Crippen LogP contribution in [0.15, 0.2) is 18.0 Å². The minimum absolute atomic E-state index is 0.217. The van der Waals surface area contributed by atoms with Gasteiger partial charge in [-0.3, -0.25) is 4.57 Å². The molecule has 0 saturated carbocycles. The third-order valence-corrected chi connectivity index (χ3v) is 5.35. The lowest BCUT2D eigenvalue weighted by Gasteiger charge is -2.17. The molecule has 1 aliphatic carbocycles. The Morgan fingerprint density at radius 1 is 1.25 bits per heavy atom. The van der Waals surface area contributed by atoms with E-state index in [0.717, 1.165) is 19.3 Å². The summed E-state index contributed by atoms with van der Waals surface area (Å²) in [6.45, 7) is 0.292. The highest BCUT2D eigenvalue weighted by Gasteiger charge is 2.44. The first kappa shape index (κ1) is 19.1. The summed E-state index contributed by atoms with van der Waals surface area (Å²) in [5.74, 6) is 0.588. The molecule has 4 rings (SSSR count). The monoisotopic (exact) mass is 390 g/mol. The van der Waals surface area contributed by atoms with Gasteiger partial charge in [-0.15, -0.1) is 0 Å². The number of nitrogens with one attached hydrogen (secondary N) is 1. The third-order valence-electron chi connectivity index (χ3n) is 5.35. The number of fused-ring (bicyclic) bond motifs is 1. The number of imidazole rings is 1. The molecule has 4 atom stereocenters. The van der Waals surface area contributed by atoms with Gasteiger partial charge in [0.1, 0.15) is 23.8 Å². The normalized spacial score (nSPS) is 27.9. The number of aliphatic hydroxyl groups is 3. The maximum atomic E-state index is 10.3. The molecule has 1 fully saturated rings. The van der Waals surface area contributed by atoms with Crippen molar-refractivity contribution in [3.05, 3.63) is 18.0 Å². The molecule has 0 spiro atoms. The van der Waals surface area contributed by atoms with Gasteiger partial charge in [0.2, 0.25) is 5.95 Å². The largest absolute Gasteiger partial charge is 0.394 e. The summed E-state index contributed by atoms with van der Waals surface area (Å²) >= 11 is 0. The van der Waals surface area contributed by atoms with Crippen LogP contribution in [0.2, 0.25) is 0 Å². The number of anilines is 2. The summed E-state index contributed by atoms with van der Waals surface area (Å²) in [6.07, 6.45) is 5.24. The summed E-state index contributed by atoms with van der Waals surface area (Å²) in [5.41, 5.74) is 8.25. The standard InChI is InChI=1S/C18H26N6O4/c19-15-12-16(23-18(22-15)20-7-6-10-4-2-1-3-5-10)24(9-21-12)17-14(27)13(26)11(8-25)28-17/h4,9,11,13-14,17,25-27H,1-3,5-8H2,(H3,19,20,22,23)/t11-,13-,14-,17?/m1/s1. The fourth-order valence-electron chi connectivity index (χ4n) is 3.78. The molecule has 0 bridgehead atoms. The van der Waals surface area contributed by atoms with Crippen molar-refractivity contribution in [1.29, 1.82) is 0 Å². The van der Waals surface area contributed by atoms with Gasteiger partial charge in [0, 0.05) is 6.54 Å². The Balaban J connectivity index is 1.54. The molecule has 0 radical (unpaired) electrons. The van der Waals surface area contributed by atoms with Crippen molar-refractivity contribution in [3.63, 3.8) is 0 Å². The number of allylic oxidation sites excluding steroid dienone is 1. The zero-order chi connectivity index (χ0) is 19.7. The highest BCUT2D eigenvalue weighted by molar-refractivity contribution is 5.83. The van der Waals surface area contributed by atoms with Gasteiger partial charge in [-0.05, 0) is 32.1 Å². The lowest BCUT2D eigenvalue weighted by Crippen LogP contribution is -2.33. The zero-order valence-corrected chi connectivity index (χ0v) is 15.5. The Kier molecular flexibility index (Phi) is 5.44. The molecule has 3 heterocycles. The van der Waals surface area contributed by atoms with Gasteiger partial charge < -0.3 is 31.1 Å². The second-order valence-electron chi connectivity index (χ2n) is 7.27. The number of hydrogen-bond acceptors (Lipinski definition) is 9. The lowest BCUT2D eigenvalue weighted by atomic mass is 9.97. The van der Waals surface area contributed by atoms with Crippen LogP contribution < -0.4 is 11.1 Å². The molecular weight excluding hydrogens is 364 g/mol.